The summed E-state index contributed by atoms with van der Waals surface area (Å²) in [6, 6.07) is 14.8. The maximum absolute atomic E-state index is 12.7. The fraction of sp³-hybridized carbons (Fsp3) is 0.409. The fourth-order valence-electron chi connectivity index (χ4n) is 3.36. The number of amides is 1. The van der Waals surface area contributed by atoms with Gasteiger partial charge in [0.2, 0.25) is 5.91 Å². The summed E-state index contributed by atoms with van der Waals surface area (Å²) in [4.78, 5) is 17.3. The van der Waals surface area contributed by atoms with Crippen molar-refractivity contribution in [3.8, 4) is 11.5 Å². The van der Waals surface area contributed by atoms with Gasteiger partial charge in [-0.05, 0) is 37.3 Å². The van der Waals surface area contributed by atoms with Gasteiger partial charge in [0.25, 0.3) is 0 Å². The van der Waals surface area contributed by atoms with Crippen LogP contribution >= 0.6 is 11.6 Å². The summed E-state index contributed by atoms with van der Waals surface area (Å²) in [5, 5.41) is 3.50. The first kappa shape index (κ1) is 21.4. The van der Waals surface area contributed by atoms with E-state index in [0.717, 1.165) is 38.5 Å². The van der Waals surface area contributed by atoms with Crippen molar-refractivity contribution in [2.24, 2.45) is 0 Å². The molecule has 1 heterocycles. The van der Waals surface area contributed by atoms with Crippen LogP contribution < -0.4 is 14.8 Å². The largest absolute Gasteiger partial charge is 0.495 e. The Balaban J connectivity index is 1.44. The molecule has 1 fully saturated rings. The number of rotatable bonds is 8. The normalized spacial score (nSPS) is 16.2. The number of anilines is 1. The van der Waals surface area contributed by atoms with Gasteiger partial charge in [-0.25, -0.2) is 0 Å². The highest BCUT2D eigenvalue weighted by molar-refractivity contribution is 6.31. The number of ether oxygens (including phenoxy) is 2. The molecule has 0 saturated carbocycles. The molecule has 0 bridgehead atoms. The van der Waals surface area contributed by atoms with Gasteiger partial charge in [0, 0.05) is 37.7 Å². The lowest BCUT2D eigenvalue weighted by molar-refractivity contribution is -0.121. The van der Waals surface area contributed by atoms with Crippen LogP contribution in [0.2, 0.25) is 5.02 Å². The second kappa shape index (κ2) is 10.5. The van der Waals surface area contributed by atoms with E-state index in [4.69, 9.17) is 21.1 Å². The number of piperazine rings is 1. The number of halogens is 1. The average Bonchev–Trinajstić information content (AvgIpc) is 2.74. The minimum Gasteiger partial charge on any atom is -0.495 e. The molecule has 2 aromatic carbocycles. The zero-order valence-corrected chi connectivity index (χ0v) is 17.7. The van der Waals surface area contributed by atoms with Crippen LogP contribution in [0.1, 0.15) is 6.92 Å². The highest BCUT2D eigenvalue weighted by Gasteiger charge is 2.26. The molecule has 1 aliphatic rings. The van der Waals surface area contributed by atoms with Gasteiger partial charge in [0.1, 0.15) is 18.1 Å². The lowest BCUT2D eigenvalue weighted by Gasteiger charge is -2.37. The Kier molecular flexibility index (Phi) is 7.75. The Morgan fingerprint density at radius 2 is 1.86 bits per heavy atom. The Morgan fingerprint density at radius 3 is 2.55 bits per heavy atom. The molecule has 1 N–H and O–H groups in total. The lowest BCUT2D eigenvalue weighted by Crippen LogP contribution is -2.53. The molecule has 1 amide bonds. The molecule has 1 atom stereocenters. The van der Waals surface area contributed by atoms with E-state index in [-0.39, 0.29) is 11.9 Å². The molecule has 2 aromatic rings. The van der Waals surface area contributed by atoms with Crippen molar-refractivity contribution in [1.82, 2.24) is 9.80 Å². The number of benzene rings is 2. The second-order valence-corrected chi connectivity index (χ2v) is 7.49. The van der Waals surface area contributed by atoms with Crippen LogP contribution in [0.3, 0.4) is 0 Å². The van der Waals surface area contributed by atoms with Gasteiger partial charge in [0.15, 0.2) is 0 Å². The van der Waals surface area contributed by atoms with Crippen molar-refractivity contribution >= 4 is 23.2 Å². The number of carbonyl (C=O) groups is 1. The molecule has 6 nitrogen and oxygen atoms in total. The number of nitrogens with one attached hydrogen (secondary N) is 1. The topological polar surface area (TPSA) is 54.0 Å². The molecule has 0 spiro atoms. The van der Waals surface area contributed by atoms with Crippen LogP contribution in [-0.4, -0.2) is 68.2 Å². The van der Waals surface area contributed by atoms with Gasteiger partial charge in [-0.1, -0.05) is 29.8 Å². The van der Waals surface area contributed by atoms with Crippen LogP contribution in [0.25, 0.3) is 0 Å². The zero-order chi connectivity index (χ0) is 20.6. The van der Waals surface area contributed by atoms with Crippen LogP contribution in [-0.2, 0) is 4.79 Å². The summed E-state index contributed by atoms with van der Waals surface area (Å²) in [7, 11) is 1.57. The van der Waals surface area contributed by atoms with Crippen LogP contribution in [0, 0.1) is 0 Å². The predicted molar refractivity (Wildman–Crippen MR) is 116 cm³/mol. The zero-order valence-electron chi connectivity index (χ0n) is 16.9. The molecule has 3 rings (SSSR count). The smallest absolute Gasteiger partial charge is 0.241 e. The molecule has 0 radical (unpaired) electrons. The van der Waals surface area contributed by atoms with E-state index in [1.165, 1.54) is 0 Å². The third-order valence-corrected chi connectivity index (χ3v) is 5.41. The minimum absolute atomic E-state index is 0.0635. The Morgan fingerprint density at radius 1 is 1.14 bits per heavy atom. The lowest BCUT2D eigenvalue weighted by atomic mass is 10.2. The number of carbonyl (C=O) groups excluding carboxylic acids is 1. The van der Waals surface area contributed by atoms with Crippen molar-refractivity contribution in [2.75, 3.05) is 51.8 Å². The molecule has 1 saturated heterocycles. The molecule has 0 aromatic heterocycles. The average molecular weight is 418 g/mol. The first-order valence-electron chi connectivity index (χ1n) is 9.85. The third kappa shape index (κ3) is 6.10. The maximum atomic E-state index is 12.7. The van der Waals surface area contributed by atoms with Crippen LogP contribution in [0.4, 0.5) is 5.69 Å². The van der Waals surface area contributed by atoms with E-state index in [1.54, 1.807) is 25.3 Å². The molecule has 29 heavy (non-hydrogen) atoms. The Hall–Kier alpha value is -2.28. The highest BCUT2D eigenvalue weighted by Crippen LogP contribution is 2.28. The summed E-state index contributed by atoms with van der Waals surface area (Å²) >= 11 is 6.05. The van der Waals surface area contributed by atoms with E-state index in [9.17, 15) is 4.79 Å². The summed E-state index contributed by atoms with van der Waals surface area (Å²) in [5.41, 5.74) is 0.591. The monoisotopic (exact) mass is 417 g/mol. The van der Waals surface area contributed by atoms with Gasteiger partial charge in [0.05, 0.1) is 18.8 Å². The minimum atomic E-state index is -0.235. The van der Waals surface area contributed by atoms with Crippen LogP contribution in [0.5, 0.6) is 11.5 Å². The number of nitrogens with zero attached hydrogens (tertiary/aromatic N) is 2. The predicted octanol–water partition coefficient (Wildman–Crippen LogP) is 3.37. The van der Waals surface area contributed by atoms with Crippen molar-refractivity contribution in [3.05, 3.63) is 53.6 Å². The van der Waals surface area contributed by atoms with E-state index in [2.05, 4.69) is 15.1 Å². The Labute approximate surface area is 177 Å². The van der Waals surface area contributed by atoms with Gasteiger partial charge >= 0.3 is 0 Å². The molecular weight excluding hydrogens is 390 g/mol. The summed E-state index contributed by atoms with van der Waals surface area (Å²) in [6.45, 7) is 6.98. The molecule has 156 valence electrons. The Bertz CT molecular complexity index is 795. The third-order valence-electron chi connectivity index (χ3n) is 5.17. The second-order valence-electron chi connectivity index (χ2n) is 7.05. The van der Waals surface area contributed by atoms with Gasteiger partial charge in [-0.3, -0.25) is 14.6 Å². The highest BCUT2D eigenvalue weighted by atomic mass is 35.5. The quantitative estimate of drug-likeness (QED) is 0.713. The molecule has 0 unspecified atom stereocenters. The maximum Gasteiger partial charge on any atom is 0.241 e. The van der Waals surface area contributed by atoms with Crippen molar-refractivity contribution in [2.45, 2.75) is 13.0 Å². The van der Waals surface area contributed by atoms with Crippen LogP contribution in [0.15, 0.2) is 48.5 Å². The van der Waals surface area contributed by atoms with E-state index < -0.39 is 0 Å². The first-order chi connectivity index (χ1) is 14.1. The number of hydrogen-bond donors (Lipinski definition) is 1. The van der Waals surface area contributed by atoms with E-state index in [1.807, 2.05) is 37.3 Å². The number of methoxy groups -OCH3 is 1. The number of para-hydroxylation sites is 1. The molecular formula is C22H28ClN3O3. The van der Waals surface area contributed by atoms with Gasteiger partial charge in [-0.2, -0.15) is 0 Å². The fourth-order valence-corrected chi connectivity index (χ4v) is 3.54. The van der Waals surface area contributed by atoms with E-state index in [0.29, 0.717) is 23.1 Å². The number of hydrogen-bond acceptors (Lipinski definition) is 5. The van der Waals surface area contributed by atoms with Gasteiger partial charge in [-0.15, -0.1) is 0 Å². The van der Waals surface area contributed by atoms with Crippen molar-refractivity contribution in [1.29, 1.82) is 0 Å². The van der Waals surface area contributed by atoms with Crippen molar-refractivity contribution < 1.29 is 14.3 Å². The first-order valence-corrected chi connectivity index (χ1v) is 10.2. The molecule has 1 aliphatic heterocycles. The summed E-state index contributed by atoms with van der Waals surface area (Å²) in [6.07, 6.45) is 0. The SMILES string of the molecule is COc1ccc(Cl)cc1NC(=O)[C@@H](C)N1CCN(CCOc2ccccc2)CC1. The molecule has 0 aliphatic carbocycles. The summed E-state index contributed by atoms with van der Waals surface area (Å²) < 4.78 is 11.1. The molecule has 7 heteroatoms. The van der Waals surface area contributed by atoms with Gasteiger partial charge < -0.3 is 14.8 Å². The standard InChI is InChI=1S/C22H28ClN3O3/c1-17(22(27)24-20-16-18(23)8-9-21(20)28-2)26-12-10-25(11-13-26)14-15-29-19-6-4-3-5-7-19/h3-9,16-17H,10-15H2,1-2H3,(H,24,27)/t17-/m1/s1. The summed E-state index contributed by atoms with van der Waals surface area (Å²) in [5.74, 6) is 1.43. The van der Waals surface area contributed by atoms with Crippen molar-refractivity contribution in [3.63, 3.8) is 0 Å². The van der Waals surface area contributed by atoms with E-state index >= 15 is 0 Å².